The molecule has 2 rings (SSSR count). The fraction of sp³-hybridized carbons (Fsp3) is 0.720. The summed E-state index contributed by atoms with van der Waals surface area (Å²) >= 11 is 0. The summed E-state index contributed by atoms with van der Waals surface area (Å²) in [5, 5.41) is 41.7. The maximum atomic E-state index is 10.5. The molecule has 0 amide bonds. The van der Waals surface area contributed by atoms with Crippen molar-refractivity contribution in [1.29, 1.82) is 0 Å². The Morgan fingerprint density at radius 3 is 1.12 bits per heavy atom. The molecule has 2 aromatic rings. The number of carbonyl (C=O) groups excluding carboxylic acids is 2. The van der Waals surface area contributed by atoms with E-state index >= 15 is 0 Å². The van der Waals surface area contributed by atoms with Crippen LogP contribution >= 0.6 is 0 Å². The normalized spacial score (nSPS) is 13.1. The van der Waals surface area contributed by atoms with Crippen LogP contribution in [0.4, 0.5) is 0 Å². The van der Waals surface area contributed by atoms with E-state index in [0.29, 0.717) is 38.9 Å². The van der Waals surface area contributed by atoms with E-state index in [-0.39, 0.29) is 86.1 Å². The van der Waals surface area contributed by atoms with Crippen molar-refractivity contribution in [3.8, 4) is 0 Å². The number of hydrogen-bond donors (Lipinski definition) is 2. The summed E-state index contributed by atoms with van der Waals surface area (Å²) in [5.41, 5.74) is 2.36. The summed E-state index contributed by atoms with van der Waals surface area (Å²) < 4.78 is 12.3. The van der Waals surface area contributed by atoms with Crippen LogP contribution in [0.1, 0.15) is 205 Å². The van der Waals surface area contributed by atoms with E-state index in [4.69, 9.17) is 9.47 Å². The standard InChI is InChI=1S/2C25H42O4.Ba/c2*1-2-3-4-13-18-24(29-21-22-15-10-9-11-16-22)20-23(26)17-12-7-5-6-8-14-19-25(27)28;/h2*9-11,15-16,23-24,26H,2-8,12-14,17-21H2,1H3,(H,27,28);/q;;+2/p-2. The van der Waals surface area contributed by atoms with Gasteiger partial charge in [-0.05, 0) is 75.3 Å². The molecule has 332 valence electrons. The number of aliphatic carboxylic acids is 2. The molecule has 0 heterocycles. The number of ether oxygens (including phenoxy) is 2. The van der Waals surface area contributed by atoms with E-state index in [9.17, 15) is 30.0 Å². The molecule has 0 aliphatic carbocycles. The Balaban J connectivity index is 0.00000112. The Labute approximate surface area is 400 Å². The van der Waals surface area contributed by atoms with Gasteiger partial charge in [0.25, 0.3) is 0 Å². The third kappa shape index (κ3) is 38.2. The van der Waals surface area contributed by atoms with Gasteiger partial charge in [0, 0.05) is 11.9 Å². The first kappa shape index (κ1) is 57.8. The van der Waals surface area contributed by atoms with Crippen LogP contribution in [0, 0.1) is 0 Å². The van der Waals surface area contributed by atoms with E-state index in [2.05, 4.69) is 38.1 Å². The molecular weight excluding hydrogens is 866 g/mol. The van der Waals surface area contributed by atoms with Crippen LogP contribution in [0.15, 0.2) is 60.7 Å². The zero-order valence-corrected chi connectivity index (χ0v) is 41.8. The van der Waals surface area contributed by atoms with Crippen molar-refractivity contribution in [3.63, 3.8) is 0 Å². The molecule has 0 aromatic heterocycles. The van der Waals surface area contributed by atoms with Crippen molar-refractivity contribution >= 4 is 60.8 Å². The Bertz CT molecular complexity index is 1110. The van der Waals surface area contributed by atoms with Crippen molar-refractivity contribution in [1.82, 2.24) is 0 Å². The van der Waals surface area contributed by atoms with Gasteiger partial charge in [0.1, 0.15) is 0 Å². The molecule has 0 aliphatic heterocycles. The number of benzene rings is 2. The van der Waals surface area contributed by atoms with Gasteiger partial charge >= 0.3 is 48.9 Å². The third-order valence-electron chi connectivity index (χ3n) is 10.8. The molecule has 8 nitrogen and oxygen atoms in total. The Morgan fingerprint density at radius 1 is 0.475 bits per heavy atom. The molecular formula is C50H82BaO8. The van der Waals surface area contributed by atoms with E-state index in [1.165, 1.54) is 49.7 Å². The van der Waals surface area contributed by atoms with Gasteiger partial charge in [0.2, 0.25) is 0 Å². The third-order valence-corrected chi connectivity index (χ3v) is 10.8. The fourth-order valence-corrected chi connectivity index (χ4v) is 7.27. The average molecular weight is 949 g/mol. The number of carboxylic acids is 2. The monoisotopic (exact) mass is 949 g/mol. The number of carbonyl (C=O) groups is 2. The number of hydrogen-bond acceptors (Lipinski definition) is 8. The first-order valence-electron chi connectivity index (χ1n) is 23.3. The van der Waals surface area contributed by atoms with E-state index < -0.39 is 11.9 Å². The largest absolute Gasteiger partial charge is 2.00 e. The van der Waals surface area contributed by atoms with Gasteiger partial charge in [-0.2, -0.15) is 0 Å². The molecule has 9 heteroatoms. The van der Waals surface area contributed by atoms with Crippen LogP contribution in [0.3, 0.4) is 0 Å². The van der Waals surface area contributed by atoms with Crippen LogP contribution in [0.2, 0.25) is 0 Å². The molecule has 0 saturated heterocycles. The van der Waals surface area contributed by atoms with Crippen LogP contribution in [0.5, 0.6) is 0 Å². The molecule has 0 radical (unpaired) electrons. The summed E-state index contributed by atoms with van der Waals surface area (Å²) in [7, 11) is 0. The van der Waals surface area contributed by atoms with E-state index in [1.54, 1.807) is 0 Å². The van der Waals surface area contributed by atoms with Crippen molar-refractivity contribution in [3.05, 3.63) is 71.8 Å². The Morgan fingerprint density at radius 2 is 0.780 bits per heavy atom. The number of unbranched alkanes of at least 4 members (excludes halogenated alkanes) is 16. The van der Waals surface area contributed by atoms with Crippen molar-refractivity contribution in [2.45, 2.75) is 231 Å². The molecule has 59 heavy (non-hydrogen) atoms. The molecule has 0 aliphatic rings. The van der Waals surface area contributed by atoms with Crippen molar-refractivity contribution in [2.24, 2.45) is 0 Å². The van der Waals surface area contributed by atoms with Gasteiger partial charge < -0.3 is 39.5 Å². The molecule has 0 fully saturated rings. The first-order valence-corrected chi connectivity index (χ1v) is 23.3. The van der Waals surface area contributed by atoms with E-state index in [0.717, 1.165) is 103 Å². The Kier molecular flexibility index (Phi) is 41.2. The number of rotatable bonds is 38. The second-order valence-corrected chi connectivity index (χ2v) is 16.4. The molecule has 4 atom stereocenters. The summed E-state index contributed by atoms with van der Waals surface area (Å²) in [4.78, 5) is 20.7. The summed E-state index contributed by atoms with van der Waals surface area (Å²) in [6.07, 6.45) is 26.7. The minimum atomic E-state index is -0.952. The minimum Gasteiger partial charge on any atom is -0.550 e. The van der Waals surface area contributed by atoms with Crippen molar-refractivity contribution in [2.75, 3.05) is 0 Å². The topological polar surface area (TPSA) is 139 Å². The van der Waals surface area contributed by atoms with Crippen LogP contribution in [-0.4, -0.2) is 95.4 Å². The SMILES string of the molecule is CCCCCCC(CC(O)CCCCCCCCC(=O)[O-])OCc1ccccc1.CCCCCCC(CC(O)CCCCCCCCC(=O)[O-])OCc1ccccc1.[Ba+2]. The number of aliphatic hydroxyl groups is 2. The van der Waals surface area contributed by atoms with Gasteiger partial charge in [-0.3, -0.25) is 0 Å². The molecule has 0 bridgehead atoms. The van der Waals surface area contributed by atoms with Gasteiger partial charge in [0.05, 0.1) is 37.6 Å². The van der Waals surface area contributed by atoms with Gasteiger partial charge in [-0.15, -0.1) is 0 Å². The molecule has 4 unspecified atom stereocenters. The van der Waals surface area contributed by atoms with Crippen LogP contribution in [-0.2, 0) is 32.3 Å². The second-order valence-electron chi connectivity index (χ2n) is 16.4. The molecule has 0 saturated carbocycles. The fourth-order valence-electron chi connectivity index (χ4n) is 7.27. The number of aliphatic hydroxyl groups excluding tert-OH is 2. The Hall–Kier alpha value is -1.21. The zero-order valence-electron chi connectivity index (χ0n) is 37.3. The summed E-state index contributed by atoms with van der Waals surface area (Å²) in [5.74, 6) is -1.90. The van der Waals surface area contributed by atoms with Crippen molar-refractivity contribution < 1.29 is 39.5 Å². The van der Waals surface area contributed by atoms with Gasteiger partial charge in [-0.1, -0.05) is 190 Å². The minimum absolute atomic E-state index is 0. The zero-order chi connectivity index (χ0) is 42.3. The maximum absolute atomic E-state index is 10.5. The van der Waals surface area contributed by atoms with E-state index in [1.807, 2.05) is 36.4 Å². The summed E-state index contributed by atoms with van der Waals surface area (Å²) in [6, 6.07) is 20.5. The number of carboxylic acid groups (broad SMARTS) is 2. The molecule has 2 N–H and O–H groups in total. The van der Waals surface area contributed by atoms with Crippen LogP contribution in [0.25, 0.3) is 0 Å². The van der Waals surface area contributed by atoms with Crippen LogP contribution < -0.4 is 10.2 Å². The first-order chi connectivity index (χ1) is 28.2. The predicted octanol–water partition coefficient (Wildman–Crippen LogP) is 9.95. The average Bonchev–Trinajstić information content (AvgIpc) is 3.21. The molecule has 2 aromatic carbocycles. The van der Waals surface area contributed by atoms with Gasteiger partial charge in [0.15, 0.2) is 0 Å². The quantitative estimate of drug-likeness (QED) is 0.0501. The summed E-state index contributed by atoms with van der Waals surface area (Å²) in [6.45, 7) is 5.66. The molecule has 0 spiro atoms. The second kappa shape index (κ2) is 42.1. The van der Waals surface area contributed by atoms with Gasteiger partial charge in [-0.25, -0.2) is 0 Å². The smallest absolute Gasteiger partial charge is 0.550 e. The predicted molar refractivity (Wildman–Crippen MR) is 238 cm³/mol. The maximum Gasteiger partial charge on any atom is 2.00 e.